The SMILES string of the molecule is O=C(O)c1ccc2c(c1)N(C(=O)C(F)(F)F)CCOC2. The molecule has 0 aliphatic carbocycles. The lowest BCUT2D eigenvalue weighted by atomic mass is 10.1. The predicted octanol–water partition coefficient (Wildman–Crippen LogP) is 1.81. The summed E-state index contributed by atoms with van der Waals surface area (Å²) in [6.07, 6.45) is -5.03. The highest BCUT2D eigenvalue weighted by atomic mass is 19.4. The van der Waals surface area contributed by atoms with Gasteiger partial charge >= 0.3 is 18.1 Å². The number of aromatic carboxylic acids is 1. The summed E-state index contributed by atoms with van der Waals surface area (Å²) in [5.74, 6) is -3.32. The Hall–Kier alpha value is -2.09. The highest BCUT2D eigenvalue weighted by Crippen LogP contribution is 2.29. The van der Waals surface area contributed by atoms with Gasteiger partial charge in [-0.3, -0.25) is 4.79 Å². The lowest BCUT2D eigenvalue weighted by Crippen LogP contribution is -2.42. The lowest BCUT2D eigenvalue weighted by molar-refractivity contribution is -0.170. The van der Waals surface area contributed by atoms with Crippen LogP contribution in [-0.2, 0) is 16.1 Å². The average Bonchev–Trinajstić information content (AvgIpc) is 2.57. The van der Waals surface area contributed by atoms with E-state index in [9.17, 15) is 22.8 Å². The molecule has 20 heavy (non-hydrogen) atoms. The number of nitrogens with zero attached hydrogens (tertiary/aromatic N) is 1. The molecule has 0 fully saturated rings. The molecule has 5 nitrogen and oxygen atoms in total. The second kappa shape index (κ2) is 5.12. The number of alkyl halides is 3. The van der Waals surface area contributed by atoms with E-state index in [4.69, 9.17) is 9.84 Å². The van der Waals surface area contributed by atoms with E-state index in [2.05, 4.69) is 0 Å². The van der Waals surface area contributed by atoms with Gasteiger partial charge in [0.1, 0.15) is 0 Å². The maximum absolute atomic E-state index is 12.6. The molecule has 1 N–H and O–H groups in total. The molecule has 0 aromatic heterocycles. The normalized spacial score (nSPS) is 15.4. The van der Waals surface area contributed by atoms with Crippen LogP contribution in [0.4, 0.5) is 18.9 Å². The molecule has 108 valence electrons. The van der Waals surface area contributed by atoms with Gasteiger partial charge in [0.15, 0.2) is 0 Å². The number of hydrogen-bond donors (Lipinski definition) is 1. The number of anilines is 1. The van der Waals surface area contributed by atoms with Crippen molar-refractivity contribution < 1.29 is 32.6 Å². The first-order valence-electron chi connectivity index (χ1n) is 5.63. The third-order valence-electron chi connectivity index (χ3n) is 2.83. The topological polar surface area (TPSA) is 66.8 Å². The number of carbonyl (C=O) groups is 2. The number of rotatable bonds is 1. The summed E-state index contributed by atoms with van der Waals surface area (Å²) in [7, 11) is 0. The Morgan fingerprint density at radius 1 is 1.30 bits per heavy atom. The molecule has 1 aliphatic rings. The van der Waals surface area contributed by atoms with Crippen LogP contribution in [0.25, 0.3) is 0 Å². The third kappa shape index (κ3) is 2.74. The van der Waals surface area contributed by atoms with Crippen LogP contribution in [0, 0.1) is 0 Å². The molecule has 1 aliphatic heterocycles. The molecular formula is C12H10F3NO4. The van der Waals surface area contributed by atoms with E-state index in [1.165, 1.54) is 12.1 Å². The number of benzene rings is 1. The Morgan fingerprint density at radius 2 is 2.00 bits per heavy atom. The molecule has 0 spiro atoms. The fourth-order valence-electron chi connectivity index (χ4n) is 1.89. The number of carbonyl (C=O) groups excluding carboxylic acids is 1. The van der Waals surface area contributed by atoms with Crippen LogP contribution in [0.3, 0.4) is 0 Å². The molecule has 0 saturated heterocycles. The van der Waals surface area contributed by atoms with Crippen LogP contribution in [0.1, 0.15) is 15.9 Å². The molecule has 1 amide bonds. The standard InChI is InChI=1S/C12H10F3NO4/c13-12(14,15)11(19)16-3-4-20-6-8-2-1-7(10(17)18)5-9(8)16/h1-2,5H,3-4,6H2,(H,17,18). The Balaban J connectivity index is 2.49. The monoisotopic (exact) mass is 289 g/mol. The van der Waals surface area contributed by atoms with Gasteiger partial charge in [-0.05, 0) is 12.1 Å². The summed E-state index contributed by atoms with van der Waals surface area (Å²) in [6, 6.07) is 3.66. The van der Waals surface area contributed by atoms with Gasteiger partial charge in [-0.1, -0.05) is 6.07 Å². The van der Waals surface area contributed by atoms with Crippen molar-refractivity contribution in [3.05, 3.63) is 29.3 Å². The van der Waals surface area contributed by atoms with Crippen molar-refractivity contribution in [1.82, 2.24) is 0 Å². The first-order chi connectivity index (χ1) is 9.30. The van der Waals surface area contributed by atoms with Crippen LogP contribution >= 0.6 is 0 Å². The van der Waals surface area contributed by atoms with E-state index >= 15 is 0 Å². The smallest absolute Gasteiger partial charge is 0.471 e. The molecule has 1 heterocycles. The van der Waals surface area contributed by atoms with Crippen LogP contribution < -0.4 is 4.90 Å². The molecule has 0 atom stereocenters. The first-order valence-corrected chi connectivity index (χ1v) is 5.63. The molecule has 0 radical (unpaired) electrons. The Bertz CT molecular complexity index is 556. The zero-order valence-corrected chi connectivity index (χ0v) is 10.1. The van der Waals surface area contributed by atoms with Crippen molar-refractivity contribution in [2.24, 2.45) is 0 Å². The highest BCUT2D eigenvalue weighted by molar-refractivity contribution is 5.99. The molecule has 8 heteroatoms. The van der Waals surface area contributed by atoms with Crippen molar-refractivity contribution in [2.45, 2.75) is 12.8 Å². The highest BCUT2D eigenvalue weighted by Gasteiger charge is 2.43. The number of fused-ring (bicyclic) bond motifs is 1. The summed E-state index contributed by atoms with van der Waals surface area (Å²) < 4.78 is 42.8. The second-order valence-electron chi connectivity index (χ2n) is 4.16. The van der Waals surface area contributed by atoms with Crippen LogP contribution in [0.15, 0.2) is 18.2 Å². The fourth-order valence-corrected chi connectivity index (χ4v) is 1.89. The number of carboxylic acid groups (broad SMARTS) is 1. The first kappa shape index (κ1) is 14.3. The summed E-state index contributed by atoms with van der Waals surface area (Å²) in [6.45, 7) is -0.315. The number of halogens is 3. The Morgan fingerprint density at radius 3 is 2.60 bits per heavy atom. The minimum absolute atomic E-state index is 0.0247. The van der Waals surface area contributed by atoms with Gasteiger partial charge < -0.3 is 14.7 Å². The van der Waals surface area contributed by atoms with Crippen molar-refractivity contribution in [3.63, 3.8) is 0 Å². The molecule has 1 aromatic rings. The van der Waals surface area contributed by atoms with Gasteiger partial charge in [0.05, 0.1) is 24.5 Å². The number of hydrogen-bond acceptors (Lipinski definition) is 3. The molecule has 0 bridgehead atoms. The van der Waals surface area contributed by atoms with Crippen LogP contribution in [0.5, 0.6) is 0 Å². The van der Waals surface area contributed by atoms with Gasteiger partial charge in [-0.15, -0.1) is 0 Å². The minimum atomic E-state index is -5.03. The maximum atomic E-state index is 12.6. The molecule has 0 saturated carbocycles. The van der Waals surface area contributed by atoms with Crippen molar-refractivity contribution in [1.29, 1.82) is 0 Å². The number of ether oxygens (including phenoxy) is 1. The van der Waals surface area contributed by atoms with Gasteiger partial charge in [-0.25, -0.2) is 4.79 Å². The summed E-state index contributed by atoms with van der Waals surface area (Å²) >= 11 is 0. The van der Waals surface area contributed by atoms with Crippen LogP contribution in [-0.4, -0.2) is 36.3 Å². The largest absolute Gasteiger partial charge is 0.478 e. The predicted molar refractivity (Wildman–Crippen MR) is 61.5 cm³/mol. The van der Waals surface area contributed by atoms with E-state index in [1.54, 1.807) is 0 Å². The van der Waals surface area contributed by atoms with E-state index in [0.717, 1.165) is 6.07 Å². The van der Waals surface area contributed by atoms with E-state index in [0.29, 0.717) is 10.5 Å². The van der Waals surface area contributed by atoms with E-state index < -0.39 is 18.1 Å². The number of carboxylic acids is 1. The van der Waals surface area contributed by atoms with Gasteiger partial charge in [0.25, 0.3) is 0 Å². The lowest BCUT2D eigenvalue weighted by Gasteiger charge is -2.23. The van der Waals surface area contributed by atoms with Crippen molar-refractivity contribution in [2.75, 3.05) is 18.1 Å². The number of amides is 1. The summed E-state index contributed by atoms with van der Waals surface area (Å²) in [5.41, 5.74) is 0.0699. The Labute approximate surface area is 111 Å². The van der Waals surface area contributed by atoms with Crippen LogP contribution in [0.2, 0.25) is 0 Å². The maximum Gasteiger partial charge on any atom is 0.471 e. The third-order valence-corrected chi connectivity index (χ3v) is 2.83. The molecule has 1 aromatic carbocycles. The van der Waals surface area contributed by atoms with Gasteiger partial charge in [-0.2, -0.15) is 13.2 Å². The second-order valence-corrected chi connectivity index (χ2v) is 4.16. The van der Waals surface area contributed by atoms with Gasteiger partial charge in [0.2, 0.25) is 0 Å². The van der Waals surface area contributed by atoms with Crippen molar-refractivity contribution in [3.8, 4) is 0 Å². The minimum Gasteiger partial charge on any atom is -0.478 e. The average molecular weight is 289 g/mol. The molecule has 2 rings (SSSR count). The summed E-state index contributed by atoms with van der Waals surface area (Å²) in [4.78, 5) is 22.8. The zero-order chi connectivity index (χ0) is 14.9. The Kier molecular flexibility index (Phi) is 3.67. The quantitative estimate of drug-likeness (QED) is 0.856. The summed E-state index contributed by atoms with van der Waals surface area (Å²) in [5, 5.41) is 8.88. The van der Waals surface area contributed by atoms with Crippen molar-refractivity contribution >= 4 is 17.6 Å². The van der Waals surface area contributed by atoms with Gasteiger partial charge in [0, 0.05) is 12.1 Å². The van der Waals surface area contributed by atoms with E-state index in [1.807, 2.05) is 0 Å². The van der Waals surface area contributed by atoms with E-state index in [-0.39, 0.29) is 31.0 Å². The zero-order valence-electron chi connectivity index (χ0n) is 10.1. The molecule has 0 unspecified atom stereocenters. The molecular weight excluding hydrogens is 279 g/mol. The fraction of sp³-hybridized carbons (Fsp3) is 0.333.